The van der Waals surface area contributed by atoms with E-state index in [1.807, 2.05) is 24.3 Å². The first-order valence-electron chi connectivity index (χ1n) is 7.85. The number of aliphatic hydroxyl groups excluding tert-OH is 1. The molecular weight excluding hydrogens is 326 g/mol. The monoisotopic (exact) mass is 347 g/mol. The van der Waals surface area contributed by atoms with Crippen molar-refractivity contribution >= 4 is 17.5 Å². The van der Waals surface area contributed by atoms with E-state index in [0.29, 0.717) is 17.9 Å². The maximum atomic E-state index is 12.1. The van der Waals surface area contributed by atoms with Gasteiger partial charge >= 0.3 is 0 Å². The number of carbonyl (C=O) groups excluding carboxylic acids is 1. The third-order valence-corrected chi connectivity index (χ3v) is 4.13. The van der Waals surface area contributed by atoms with Crippen molar-refractivity contribution in [3.05, 3.63) is 64.7 Å². The Morgan fingerprint density at radius 2 is 1.79 bits per heavy atom. The third-order valence-electron chi connectivity index (χ3n) is 3.87. The largest absolute Gasteiger partial charge is 0.497 e. The minimum absolute atomic E-state index is 0.0914. The van der Waals surface area contributed by atoms with E-state index < -0.39 is 6.10 Å². The molecule has 0 aliphatic carbocycles. The van der Waals surface area contributed by atoms with Gasteiger partial charge in [0.15, 0.2) is 0 Å². The molecule has 2 unspecified atom stereocenters. The average Bonchev–Trinajstić information content (AvgIpc) is 2.60. The lowest BCUT2D eigenvalue weighted by atomic mass is 10.0. The predicted molar refractivity (Wildman–Crippen MR) is 95.3 cm³/mol. The van der Waals surface area contributed by atoms with E-state index in [-0.39, 0.29) is 11.9 Å². The van der Waals surface area contributed by atoms with Gasteiger partial charge in [-0.2, -0.15) is 0 Å². The van der Waals surface area contributed by atoms with E-state index in [9.17, 15) is 9.90 Å². The molecule has 0 spiro atoms. The zero-order chi connectivity index (χ0) is 17.5. The normalized spacial score (nSPS) is 13.2. The lowest BCUT2D eigenvalue weighted by Gasteiger charge is -2.20. The Bertz CT molecular complexity index is 655. The van der Waals surface area contributed by atoms with Gasteiger partial charge in [-0.05, 0) is 48.7 Å². The summed E-state index contributed by atoms with van der Waals surface area (Å²) in [6, 6.07) is 14.2. The first kappa shape index (κ1) is 18.3. The van der Waals surface area contributed by atoms with Crippen LogP contribution in [0.15, 0.2) is 48.5 Å². The van der Waals surface area contributed by atoms with Crippen LogP contribution in [0.2, 0.25) is 5.02 Å². The summed E-state index contributed by atoms with van der Waals surface area (Å²) in [6.07, 6.45) is 0.232. The minimum atomic E-state index is -0.771. The second kappa shape index (κ2) is 8.71. The number of nitrogens with one attached hydrogen (secondary N) is 1. The Morgan fingerprint density at radius 1 is 1.17 bits per heavy atom. The molecule has 0 saturated carbocycles. The van der Waals surface area contributed by atoms with Gasteiger partial charge in [-0.3, -0.25) is 4.79 Å². The molecule has 0 heterocycles. The molecule has 2 aromatic carbocycles. The van der Waals surface area contributed by atoms with Crippen molar-refractivity contribution in [2.75, 3.05) is 7.11 Å². The first-order chi connectivity index (χ1) is 11.5. The molecule has 2 N–H and O–H groups in total. The summed E-state index contributed by atoms with van der Waals surface area (Å²) in [7, 11) is 1.62. The number of hydrogen-bond acceptors (Lipinski definition) is 3. The van der Waals surface area contributed by atoms with Crippen molar-refractivity contribution in [3.63, 3.8) is 0 Å². The number of methoxy groups -OCH3 is 1. The maximum Gasteiger partial charge on any atom is 0.220 e. The predicted octanol–water partition coefficient (Wildman–Crippen LogP) is 3.52. The maximum absolute atomic E-state index is 12.1. The fourth-order valence-corrected chi connectivity index (χ4v) is 2.53. The van der Waals surface area contributed by atoms with Crippen molar-refractivity contribution in [2.45, 2.75) is 31.9 Å². The van der Waals surface area contributed by atoms with Gasteiger partial charge in [-0.25, -0.2) is 0 Å². The van der Waals surface area contributed by atoms with E-state index in [1.165, 1.54) is 0 Å². The van der Waals surface area contributed by atoms with Gasteiger partial charge in [0.2, 0.25) is 5.91 Å². The summed E-state index contributed by atoms with van der Waals surface area (Å²) in [6.45, 7) is 1.78. The van der Waals surface area contributed by atoms with E-state index in [4.69, 9.17) is 16.3 Å². The molecule has 0 radical (unpaired) electrons. The lowest BCUT2D eigenvalue weighted by Crippen LogP contribution is -2.37. The highest BCUT2D eigenvalue weighted by Crippen LogP contribution is 2.19. The summed E-state index contributed by atoms with van der Waals surface area (Å²) in [4.78, 5) is 12.1. The second-order valence-corrected chi connectivity index (χ2v) is 6.14. The zero-order valence-electron chi connectivity index (χ0n) is 13.8. The molecule has 24 heavy (non-hydrogen) atoms. The number of benzene rings is 2. The van der Waals surface area contributed by atoms with Crippen molar-refractivity contribution in [1.82, 2.24) is 5.32 Å². The van der Waals surface area contributed by atoms with E-state index in [2.05, 4.69) is 5.32 Å². The van der Waals surface area contributed by atoms with E-state index in [1.54, 1.807) is 38.3 Å². The van der Waals surface area contributed by atoms with Crippen LogP contribution < -0.4 is 10.1 Å². The summed E-state index contributed by atoms with van der Waals surface area (Å²) in [5.74, 6) is 0.703. The fourth-order valence-electron chi connectivity index (χ4n) is 2.40. The average molecular weight is 348 g/mol. The van der Waals surface area contributed by atoms with Gasteiger partial charge in [-0.15, -0.1) is 0 Å². The topological polar surface area (TPSA) is 58.6 Å². The van der Waals surface area contributed by atoms with Crippen LogP contribution in [0, 0.1) is 0 Å². The zero-order valence-corrected chi connectivity index (χ0v) is 14.6. The molecule has 0 aromatic heterocycles. The highest BCUT2D eigenvalue weighted by Gasteiger charge is 2.18. The summed E-state index contributed by atoms with van der Waals surface area (Å²) in [5, 5.41) is 13.8. The molecule has 0 aliphatic heterocycles. The SMILES string of the molecule is COc1ccc(CCC(=O)NC(C)C(O)c2ccc(Cl)cc2)cc1. The molecule has 0 fully saturated rings. The van der Waals surface area contributed by atoms with Gasteiger partial charge < -0.3 is 15.2 Å². The molecule has 0 aliphatic rings. The molecule has 2 aromatic rings. The number of aliphatic hydroxyl groups is 1. The van der Waals surface area contributed by atoms with Crippen LogP contribution in [0.5, 0.6) is 5.75 Å². The van der Waals surface area contributed by atoms with Gasteiger partial charge in [0.25, 0.3) is 0 Å². The van der Waals surface area contributed by atoms with E-state index >= 15 is 0 Å². The molecule has 0 bridgehead atoms. The van der Waals surface area contributed by atoms with Crippen molar-refractivity contribution in [2.24, 2.45) is 0 Å². The number of halogens is 1. The molecule has 128 valence electrons. The number of hydrogen-bond donors (Lipinski definition) is 2. The number of aryl methyl sites for hydroxylation is 1. The van der Waals surface area contributed by atoms with Gasteiger partial charge in [-0.1, -0.05) is 35.9 Å². The summed E-state index contributed by atoms with van der Waals surface area (Å²) in [5.41, 5.74) is 1.79. The highest BCUT2D eigenvalue weighted by molar-refractivity contribution is 6.30. The standard InChI is InChI=1S/C19H22ClNO3/c1-13(19(23)15-6-8-16(20)9-7-15)21-18(22)12-5-14-3-10-17(24-2)11-4-14/h3-4,6-11,13,19,23H,5,12H2,1-2H3,(H,21,22). The summed E-state index contributed by atoms with van der Waals surface area (Å²) < 4.78 is 5.11. The third kappa shape index (κ3) is 5.25. The fraction of sp³-hybridized carbons (Fsp3) is 0.316. The Hall–Kier alpha value is -2.04. The van der Waals surface area contributed by atoms with Crippen molar-refractivity contribution in [3.8, 4) is 5.75 Å². The summed E-state index contributed by atoms with van der Waals surface area (Å²) >= 11 is 5.84. The van der Waals surface area contributed by atoms with Crippen LogP contribution in [0.25, 0.3) is 0 Å². The molecule has 4 nitrogen and oxygen atoms in total. The van der Waals surface area contributed by atoms with Crippen LogP contribution in [0.1, 0.15) is 30.6 Å². The Kier molecular flexibility index (Phi) is 6.64. The smallest absolute Gasteiger partial charge is 0.220 e. The van der Waals surface area contributed by atoms with Crippen LogP contribution in [0.3, 0.4) is 0 Å². The first-order valence-corrected chi connectivity index (χ1v) is 8.23. The quantitative estimate of drug-likeness (QED) is 0.805. The van der Waals surface area contributed by atoms with E-state index in [0.717, 1.165) is 16.9 Å². The molecule has 2 atom stereocenters. The van der Waals surface area contributed by atoms with Crippen LogP contribution in [-0.4, -0.2) is 24.2 Å². The number of amides is 1. The van der Waals surface area contributed by atoms with Crippen LogP contribution in [0.4, 0.5) is 0 Å². The number of ether oxygens (including phenoxy) is 1. The van der Waals surface area contributed by atoms with Crippen LogP contribution >= 0.6 is 11.6 Å². The Morgan fingerprint density at radius 3 is 2.38 bits per heavy atom. The van der Waals surface area contributed by atoms with Gasteiger partial charge in [0, 0.05) is 11.4 Å². The molecular formula is C19H22ClNO3. The molecule has 1 amide bonds. The minimum Gasteiger partial charge on any atom is -0.497 e. The van der Waals surface area contributed by atoms with Gasteiger partial charge in [0.1, 0.15) is 5.75 Å². The molecule has 2 rings (SSSR count). The van der Waals surface area contributed by atoms with Crippen molar-refractivity contribution < 1.29 is 14.6 Å². The lowest BCUT2D eigenvalue weighted by molar-refractivity contribution is -0.122. The van der Waals surface area contributed by atoms with Crippen LogP contribution in [-0.2, 0) is 11.2 Å². The van der Waals surface area contributed by atoms with Crippen molar-refractivity contribution in [1.29, 1.82) is 0 Å². The molecule has 0 saturated heterocycles. The second-order valence-electron chi connectivity index (χ2n) is 5.70. The highest BCUT2D eigenvalue weighted by atomic mass is 35.5. The Labute approximate surface area is 147 Å². The number of carbonyl (C=O) groups is 1. The Balaban J connectivity index is 1.83. The number of rotatable bonds is 7. The molecule has 5 heteroatoms. The van der Waals surface area contributed by atoms with Gasteiger partial charge in [0.05, 0.1) is 19.3 Å².